The second kappa shape index (κ2) is 9.09. The molecule has 2 amide bonds. The summed E-state index contributed by atoms with van der Waals surface area (Å²) in [6, 6.07) is 3.51. The number of aliphatic hydroxyl groups excluding tert-OH is 1. The van der Waals surface area contributed by atoms with E-state index in [-0.39, 0.29) is 24.8 Å². The van der Waals surface area contributed by atoms with Crippen LogP contribution < -0.4 is 10.6 Å². The Labute approximate surface area is 126 Å². The summed E-state index contributed by atoms with van der Waals surface area (Å²) in [6.45, 7) is 0.191. The molecule has 0 fully saturated rings. The van der Waals surface area contributed by atoms with Gasteiger partial charge in [0.05, 0.1) is 18.5 Å². The van der Waals surface area contributed by atoms with E-state index in [0.29, 0.717) is 17.8 Å². The lowest BCUT2D eigenvalue weighted by Crippen LogP contribution is -2.37. The average Bonchev–Trinajstić information content (AvgIpc) is 3.02. The molecule has 0 aromatic carbocycles. The highest BCUT2D eigenvalue weighted by Crippen LogP contribution is 2.07. The topological polar surface area (TPSA) is 105 Å². The van der Waals surface area contributed by atoms with E-state index in [4.69, 9.17) is 0 Å². The molecule has 3 N–H and O–H groups in total. The monoisotopic (exact) mass is 314 g/mol. The molecule has 21 heavy (non-hydrogen) atoms. The van der Waals surface area contributed by atoms with E-state index >= 15 is 0 Å². The predicted molar refractivity (Wildman–Crippen MR) is 76.9 cm³/mol. The highest BCUT2D eigenvalue weighted by Gasteiger charge is 2.15. The van der Waals surface area contributed by atoms with Gasteiger partial charge in [0.2, 0.25) is 5.91 Å². The number of thiophene rings is 1. The van der Waals surface area contributed by atoms with Crippen LogP contribution in [0.3, 0.4) is 0 Å². The Bertz CT molecular complexity index is 475. The maximum absolute atomic E-state index is 11.6. The molecule has 0 bridgehead atoms. The maximum Gasteiger partial charge on any atom is 0.336 e. The molecule has 1 unspecified atom stereocenters. The van der Waals surface area contributed by atoms with Gasteiger partial charge in [-0.05, 0) is 17.9 Å². The number of ether oxygens (including phenoxy) is 1. The van der Waals surface area contributed by atoms with Crippen molar-refractivity contribution in [1.29, 1.82) is 0 Å². The fourth-order valence-corrected chi connectivity index (χ4v) is 2.10. The van der Waals surface area contributed by atoms with E-state index in [9.17, 15) is 19.5 Å². The molecular formula is C13H18N2O5S. The number of esters is 1. The van der Waals surface area contributed by atoms with Crippen molar-refractivity contribution in [2.24, 2.45) is 0 Å². The second-order valence-corrected chi connectivity index (χ2v) is 5.13. The molecule has 0 spiro atoms. The summed E-state index contributed by atoms with van der Waals surface area (Å²) in [5.41, 5.74) is 0. The number of hydrogen-bond donors (Lipinski definition) is 3. The summed E-state index contributed by atoms with van der Waals surface area (Å²) >= 11 is 1.35. The summed E-state index contributed by atoms with van der Waals surface area (Å²) in [7, 11) is 1.16. The Morgan fingerprint density at radius 2 is 2.14 bits per heavy atom. The Hall–Kier alpha value is -1.93. The molecule has 116 valence electrons. The predicted octanol–water partition coefficient (Wildman–Crippen LogP) is -0.0918. The molecular weight excluding hydrogens is 296 g/mol. The van der Waals surface area contributed by atoms with E-state index < -0.39 is 12.1 Å². The van der Waals surface area contributed by atoms with Gasteiger partial charge in [-0.15, -0.1) is 11.3 Å². The molecule has 1 atom stereocenters. The van der Waals surface area contributed by atoms with Crippen LogP contribution in [0.4, 0.5) is 0 Å². The first kappa shape index (κ1) is 17.1. The molecule has 0 aliphatic heterocycles. The lowest BCUT2D eigenvalue weighted by molar-refractivity contribution is -0.150. The third-order valence-corrected chi connectivity index (χ3v) is 3.45. The van der Waals surface area contributed by atoms with Gasteiger partial charge in [-0.3, -0.25) is 9.59 Å². The zero-order valence-corrected chi connectivity index (χ0v) is 12.4. The second-order valence-electron chi connectivity index (χ2n) is 4.18. The number of amides is 2. The van der Waals surface area contributed by atoms with Crippen molar-refractivity contribution in [2.75, 3.05) is 20.2 Å². The quantitative estimate of drug-likeness (QED) is 0.459. The van der Waals surface area contributed by atoms with Crippen LogP contribution in [0.2, 0.25) is 0 Å². The number of carbonyl (C=O) groups is 3. The molecule has 8 heteroatoms. The van der Waals surface area contributed by atoms with Crippen molar-refractivity contribution in [1.82, 2.24) is 10.6 Å². The van der Waals surface area contributed by atoms with E-state index in [1.165, 1.54) is 11.3 Å². The normalized spacial score (nSPS) is 11.5. The van der Waals surface area contributed by atoms with E-state index in [0.717, 1.165) is 7.11 Å². The first-order chi connectivity index (χ1) is 10.0. The van der Waals surface area contributed by atoms with Crippen LogP contribution in [0.5, 0.6) is 0 Å². The molecule has 0 aliphatic rings. The van der Waals surface area contributed by atoms with Crippen molar-refractivity contribution in [3.63, 3.8) is 0 Å². The fraction of sp³-hybridized carbons (Fsp3) is 0.462. The number of methoxy groups -OCH3 is 1. The van der Waals surface area contributed by atoms with Crippen LogP contribution >= 0.6 is 11.3 Å². The number of rotatable bonds is 8. The smallest absolute Gasteiger partial charge is 0.336 e. The lowest BCUT2D eigenvalue weighted by atomic mass is 10.2. The third kappa shape index (κ3) is 6.37. The number of aliphatic hydroxyl groups is 1. The van der Waals surface area contributed by atoms with E-state index in [1.807, 2.05) is 5.38 Å². The Kier molecular flexibility index (Phi) is 7.41. The zero-order valence-electron chi connectivity index (χ0n) is 11.6. The molecule has 1 aromatic heterocycles. The van der Waals surface area contributed by atoms with Crippen molar-refractivity contribution in [3.8, 4) is 0 Å². The molecule has 7 nitrogen and oxygen atoms in total. The van der Waals surface area contributed by atoms with Crippen molar-refractivity contribution in [3.05, 3.63) is 22.4 Å². The van der Waals surface area contributed by atoms with E-state index in [2.05, 4.69) is 15.4 Å². The van der Waals surface area contributed by atoms with Crippen molar-refractivity contribution < 1.29 is 24.2 Å². The van der Waals surface area contributed by atoms with Gasteiger partial charge >= 0.3 is 5.97 Å². The highest BCUT2D eigenvalue weighted by molar-refractivity contribution is 7.12. The van der Waals surface area contributed by atoms with Crippen molar-refractivity contribution in [2.45, 2.75) is 18.9 Å². The van der Waals surface area contributed by atoms with Gasteiger partial charge in [-0.25, -0.2) is 4.79 Å². The minimum absolute atomic E-state index is 0.161. The van der Waals surface area contributed by atoms with E-state index in [1.54, 1.807) is 12.1 Å². The van der Waals surface area contributed by atoms with Gasteiger partial charge in [-0.2, -0.15) is 0 Å². The minimum atomic E-state index is -1.36. The van der Waals surface area contributed by atoms with Gasteiger partial charge < -0.3 is 20.5 Å². The molecule has 1 heterocycles. The van der Waals surface area contributed by atoms with Gasteiger partial charge in [0.25, 0.3) is 5.91 Å². The molecule has 1 rings (SSSR count). The van der Waals surface area contributed by atoms with Crippen LogP contribution in [0.1, 0.15) is 22.5 Å². The molecule has 0 radical (unpaired) electrons. The van der Waals surface area contributed by atoms with Crippen LogP contribution in [0, 0.1) is 0 Å². The van der Waals surface area contributed by atoms with Gasteiger partial charge in [-0.1, -0.05) is 6.07 Å². The van der Waals surface area contributed by atoms with Crippen LogP contribution in [-0.4, -0.2) is 49.2 Å². The Morgan fingerprint density at radius 3 is 2.76 bits per heavy atom. The van der Waals surface area contributed by atoms with Crippen LogP contribution in [-0.2, 0) is 14.3 Å². The average molecular weight is 314 g/mol. The Balaban J connectivity index is 2.11. The van der Waals surface area contributed by atoms with Gasteiger partial charge in [0.15, 0.2) is 6.10 Å². The summed E-state index contributed by atoms with van der Waals surface area (Å²) < 4.78 is 4.32. The molecule has 1 aromatic rings. The third-order valence-electron chi connectivity index (χ3n) is 2.58. The first-order valence-electron chi connectivity index (χ1n) is 6.39. The standard InChI is InChI=1S/C13H18N2O5S/c1-20-13(19)9(16)8-15-11(17)5-2-6-14-12(18)10-4-3-7-21-10/h3-4,7,9,16H,2,5-6,8H2,1H3,(H,14,18)(H,15,17). The fourth-order valence-electron chi connectivity index (χ4n) is 1.46. The molecule has 0 saturated carbocycles. The van der Waals surface area contributed by atoms with Crippen LogP contribution in [0.15, 0.2) is 17.5 Å². The largest absolute Gasteiger partial charge is 0.467 e. The Morgan fingerprint density at radius 1 is 1.38 bits per heavy atom. The molecule has 0 saturated heterocycles. The SMILES string of the molecule is COC(=O)C(O)CNC(=O)CCCNC(=O)c1cccs1. The zero-order chi connectivity index (χ0) is 15.7. The lowest BCUT2D eigenvalue weighted by Gasteiger charge is -2.09. The van der Waals surface area contributed by atoms with Gasteiger partial charge in [0, 0.05) is 13.0 Å². The number of nitrogens with one attached hydrogen (secondary N) is 2. The first-order valence-corrected chi connectivity index (χ1v) is 7.27. The summed E-state index contributed by atoms with van der Waals surface area (Å²) in [6.07, 6.45) is -0.701. The molecule has 0 aliphatic carbocycles. The van der Waals surface area contributed by atoms with Crippen LogP contribution in [0.25, 0.3) is 0 Å². The number of carbonyl (C=O) groups excluding carboxylic acids is 3. The maximum atomic E-state index is 11.6. The number of hydrogen-bond acceptors (Lipinski definition) is 6. The summed E-state index contributed by atoms with van der Waals surface area (Å²) in [4.78, 5) is 34.6. The van der Waals surface area contributed by atoms with Crippen molar-refractivity contribution >= 4 is 29.1 Å². The summed E-state index contributed by atoms with van der Waals surface area (Å²) in [5, 5.41) is 16.2. The van der Waals surface area contributed by atoms with Gasteiger partial charge in [0.1, 0.15) is 0 Å². The minimum Gasteiger partial charge on any atom is -0.467 e. The highest BCUT2D eigenvalue weighted by atomic mass is 32.1. The summed E-state index contributed by atoms with van der Waals surface area (Å²) in [5.74, 6) is -1.26.